The van der Waals surface area contributed by atoms with Gasteiger partial charge in [0.2, 0.25) is 0 Å². The van der Waals surface area contributed by atoms with Crippen molar-refractivity contribution in [2.24, 2.45) is 7.05 Å². The molecule has 10 heteroatoms. The molecule has 0 spiro atoms. The highest BCUT2D eigenvalue weighted by molar-refractivity contribution is 5.92. The number of phenols is 1. The SMILES string of the molecule is Cc1cc2c(c(O)c1C#N)C(C)(C)CC(O)(C(F)(F)F)C2Nc1cccc2c(=O)n(C)ncc12. The van der Waals surface area contributed by atoms with Gasteiger partial charge in [-0.3, -0.25) is 4.79 Å². The van der Waals surface area contributed by atoms with Crippen LogP contribution >= 0.6 is 0 Å². The van der Waals surface area contributed by atoms with E-state index in [0.717, 1.165) is 4.68 Å². The number of fused-ring (bicyclic) bond motifs is 2. The molecule has 0 fully saturated rings. The van der Waals surface area contributed by atoms with Crippen LogP contribution in [0.2, 0.25) is 0 Å². The van der Waals surface area contributed by atoms with Gasteiger partial charge in [-0.15, -0.1) is 0 Å². The first-order valence-corrected chi connectivity index (χ1v) is 10.5. The van der Waals surface area contributed by atoms with Crippen LogP contribution in [0.3, 0.4) is 0 Å². The zero-order chi connectivity index (χ0) is 25.2. The van der Waals surface area contributed by atoms with E-state index in [4.69, 9.17) is 0 Å². The summed E-state index contributed by atoms with van der Waals surface area (Å²) in [5.74, 6) is -0.396. The normalized spacial score (nSPS) is 21.7. The molecule has 0 bridgehead atoms. The number of hydrogen-bond donors (Lipinski definition) is 3. The first-order valence-electron chi connectivity index (χ1n) is 10.5. The number of hydrogen-bond acceptors (Lipinski definition) is 6. The molecule has 7 nitrogen and oxygen atoms in total. The van der Waals surface area contributed by atoms with E-state index < -0.39 is 41.0 Å². The molecule has 0 radical (unpaired) electrons. The number of nitrogens with zero attached hydrogens (tertiary/aromatic N) is 3. The number of nitrogens with one attached hydrogen (secondary N) is 1. The number of phenolic OH excluding ortho intramolecular Hbond substituents is 1. The second-order valence-electron chi connectivity index (χ2n) is 9.39. The predicted octanol–water partition coefficient (Wildman–Crippen LogP) is 3.95. The van der Waals surface area contributed by atoms with E-state index in [-0.39, 0.29) is 38.7 Å². The summed E-state index contributed by atoms with van der Waals surface area (Å²) < 4.78 is 44.4. The minimum Gasteiger partial charge on any atom is -0.506 e. The third kappa shape index (κ3) is 3.30. The lowest BCUT2D eigenvalue weighted by molar-refractivity contribution is -0.275. The second-order valence-corrected chi connectivity index (χ2v) is 9.39. The molecule has 178 valence electrons. The Bertz CT molecular complexity index is 1420. The highest BCUT2D eigenvalue weighted by Gasteiger charge is 2.64. The highest BCUT2D eigenvalue weighted by atomic mass is 19.4. The van der Waals surface area contributed by atoms with Crippen molar-refractivity contribution in [2.45, 2.75) is 50.4 Å². The third-order valence-corrected chi connectivity index (χ3v) is 6.60. The lowest BCUT2D eigenvalue weighted by Crippen LogP contribution is -2.58. The maximum absolute atomic E-state index is 14.4. The summed E-state index contributed by atoms with van der Waals surface area (Å²) >= 11 is 0. The van der Waals surface area contributed by atoms with Crippen molar-refractivity contribution in [3.63, 3.8) is 0 Å². The van der Waals surface area contributed by atoms with Crippen molar-refractivity contribution in [3.8, 4) is 11.8 Å². The Labute approximate surface area is 193 Å². The molecule has 0 aliphatic heterocycles. The summed E-state index contributed by atoms with van der Waals surface area (Å²) in [6, 6.07) is 6.12. The van der Waals surface area contributed by atoms with Crippen molar-refractivity contribution in [1.82, 2.24) is 9.78 Å². The van der Waals surface area contributed by atoms with Crippen molar-refractivity contribution >= 4 is 16.5 Å². The Kier molecular flexibility index (Phi) is 5.18. The molecule has 4 rings (SSSR count). The number of aliphatic hydroxyl groups is 1. The zero-order valence-corrected chi connectivity index (χ0v) is 18.9. The van der Waals surface area contributed by atoms with Crippen molar-refractivity contribution < 1.29 is 23.4 Å². The summed E-state index contributed by atoms with van der Waals surface area (Å²) in [7, 11) is 1.46. The molecule has 2 unspecified atom stereocenters. The van der Waals surface area contributed by atoms with Gasteiger partial charge < -0.3 is 15.5 Å². The molecule has 1 aliphatic carbocycles. The molecule has 1 aliphatic rings. The fourth-order valence-electron chi connectivity index (χ4n) is 5.03. The van der Waals surface area contributed by atoms with Crippen molar-refractivity contribution in [1.29, 1.82) is 5.26 Å². The van der Waals surface area contributed by atoms with Crippen LogP contribution in [-0.2, 0) is 12.5 Å². The van der Waals surface area contributed by atoms with Crippen LogP contribution in [0, 0.1) is 18.3 Å². The van der Waals surface area contributed by atoms with Gasteiger partial charge in [0.25, 0.3) is 5.56 Å². The van der Waals surface area contributed by atoms with E-state index in [9.17, 15) is 33.4 Å². The minimum atomic E-state index is -5.03. The van der Waals surface area contributed by atoms with Crippen LogP contribution in [0.15, 0.2) is 35.3 Å². The fraction of sp³-hybridized carbons (Fsp3) is 0.375. The monoisotopic (exact) mass is 472 g/mol. The van der Waals surface area contributed by atoms with Crippen LogP contribution in [-0.4, -0.2) is 31.8 Å². The number of anilines is 1. The lowest BCUT2D eigenvalue weighted by atomic mass is 9.62. The number of alkyl halides is 3. The summed E-state index contributed by atoms with van der Waals surface area (Å²) in [5.41, 5.74) is -4.34. The molecule has 0 saturated heterocycles. The van der Waals surface area contributed by atoms with Gasteiger partial charge in [-0.25, -0.2) is 4.68 Å². The van der Waals surface area contributed by atoms with E-state index in [0.29, 0.717) is 0 Å². The molecule has 0 saturated carbocycles. The summed E-state index contributed by atoms with van der Waals surface area (Å²) in [6.45, 7) is 4.48. The molecule has 0 amide bonds. The van der Waals surface area contributed by atoms with Crippen LogP contribution in [0.25, 0.3) is 10.8 Å². The average Bonchev–Trinajstić information content (AvgIpc) is 2.72. The Morgan fingerprint density at radius 3 is 2.59 bits per heavy atom. The van der Waals surface area contributed by atoms with E-state index in [1.54, 1.807) is 0 Å². The van der Waals surface area contributed by atoms with Gasteiger partial charge in [0.05, 0.1) is 23.2 Å². The molecular formula is C24H23F3N4O3. The predicted molar refractivity (Wildman–Crippen MR) is 120 cm³/mol. The number of halogens is 3. The number of nitriles is 1. The molecular weight excluding hydrogens is 449 g/mol. The summed E-state index contributed by atoms with van der Waals surface area (Å²) in [6.07, 6.45) is -4.43. The maximum atomic E-state index is 14.4. The highest BCUT2D eigenvalue weighted by Crippen LogP contribution is 2.57. The standard InChI is InChI=1S/C24H23F3N4O3/c1-12-8-14-18(19(32)15(12)9-28)22(2,3)11-23(34,24(25,26)27)20(14)30-17-7-5-6-13-16(17)10-29-31(4)21(13)33/h5-8,10,20,30,32,34H,11H2,1-4H3. The van der Waals surface area contributed by atoms with E-state index in [2.05, 4.69) is 10.4 Å². The summed E-state index contributed by atoms with van der Waals surface area (Å²) in [5, 5.41) is 38.8. The Balaban J connectivity index is 2.02. The van der Waals surface area contributed by atoms with E-state index in [1.165, 1.54) is 58.3 Å². The first-order chi connectivity index (χ1) is 15.7. The van der Waals surface area contributed by atoms with Gasteiger partial charge in [-0.2, -0.15) is 23.5 Å². The van der Waals surface area contributed by atoms with Gasteiger partial charge in [-0.1, -0.05) is 26.0 Å². The number of aromatic hydroxyl groups is 1. The van der Waals surface area contributed by atoms with Gasteiger partial charge in [0, 0.05) is 23.7 Å². The van der Waals surface area contributed by atoms with Crippen LogP contribution in [0.1, 0.15) is 48.6 Å². The largest absolute Gasteiger partial charge is 0.506 e. The van der Waals surface area contributed by atoms with Gasteiger partial charge in [-0.05, 0) is 42.0 Å². The molecule has 34 heavy (non-hydrogen) atoms. The summed E-state index contributed by atoms with van der Waals surface area (Å²) in [4.78, 5) is 12.5. The third-order valence-electron chi connectivity index (χ3n) is 6.60. The lowest BCUT2D eigenvalue weighted by Gasteiger charge is -2.49. The number of aryl methyl sites for hydroxylation is 2. The molecule has 1 aromatic heterocycles. The fourth-order valence-corrected chi connectivity index (χ4v) is 5.03. The Hall–Kier alpha value is -3.58. The number of benzene rings is 2. The van der Waals surface area contributed by atoms with Gasteiger partial charge >= 0.3 is 6.18 Å². The van der Waals surface area contributed by atoms with E-state index in [1.807, 2.05) is 6.07 Å². The second kappa shape index (κ2) is 7.46. The molecule has 3 N–H and O–H groups in total. The Morgan fingerprint density at radius 1 is 1.29 bits per heavy atom. The van der Waals surface area contributed by atoms with E-state index >= 15 is 0 Å². The first kappa shape index (κ1) is 23.6. The van der Waals surface area contributed by atoms with Crippen molar-refractivity contribution in [3.05, 3.63) is 63.1 Å². The topological polar surface area (TPSA) is 111 Å². The molecule has 2 aromatic carbocycles. The molecule has 1 heterocycles. The van der Waals surface area contributed by atoms with Crippen LogP contribution < -0.4 is 10.9 Å². The molecule has 3 aromatic rings. The van der Waals surface area contributed by atoms with Crippen LogP contribution in [0.4, 0.5) is 18.9 Å². The average molecular weight is 472 g/mol. The smallest absolute Gasteiger partial charge is 0.419 e. The van der Waals surface area contributed by atoms with Gasteiger partial charge in [0.1, 0.15) is 11.8 Å². The number of rotatable bonds is 2. The minimum absolute atomic E-state index is 0.0267. The van der Waals surface area contributed by atoms with Crippen LogP contribution in [0.5, 0.6) is 5.75 Å². The van der Waals surface area contributed by atoms with Crippen molar-refractivity contribution in [2.75, 3.05) is 5.32 Å². The Morgan fingerprint density at radius 2 is 1.97 bits per heavy atom. The number of aromatic nitrogens is 2. The quantitative estimate of drug-likeness (QED) is 0.521. The zero-order valence-electron chi connectivity index (χ0n) is 18.9. The molecule has 2 atom stereocenters. The maximum Gasteiger partial charge on any atom is 0.419 e. The van der Waals surface area contributed by atoms with Gasteiger partial charge in [0.15, 0.2) is 5.60 Å².